The summed E-state index contributed by atoms with van der Waals surface area (Å²) < 4.78 is 29.4. The third-order valence-corrected chi connectivity index (χ3v) is 7.98. The minimum Gasteiger partial charge on any atom is -0.303 e. The molecule has 0 radical (unpaired) electrons. The number of aromatic nitrogens is 3. The summed E-state index contributed by atoms with van der Waals surface area (Å²) in [6.45, 7) is 5.37. The normalized spacial score (nSPS) is 15.2. The van der Waals surface area contributed by atoms with Crippen molar-refractivity contribution in [3.05, 3.63) is 83.9 Å². The number of hydrogen-bond donors (Lipinski definition) is 0. The number of fused-ring (bicyclic) bond motifs is 1. The Labute approximate surface area is 209 Å². The Balaban J connectivity index is 1.28. The van der Waals surface area contributed by atoms with Gasteiger partial charge in [-0.1, -0.05) is 6.92 Å². The fourth-order valence-corrected chi connectivity index (χ4v) is 6.10. The van der Waals surface area contributed by atoms with Crippen molar-refractivity contribution in [3.63, 3.8) is 0 Å². The Morgan fingerprint density at radius 2 is 1.77 bits per heavy atom. The summed E-state index contributed by atoms with van der Waals surface area (Å²) in [5, 5.41) is 1.13. The summed E-state index contributed by atoms with van der Waals surface area (Å²) in [7, 11) is 0. The van der Waals surface area contributed by atoms with E-state index in [1.807, 2.05) is 18.2 Å². The van der Waals surface area contributed by atoms with Gasteiger partial charge in [-0.25, -0.2) is 13.8 Å². The molecular weight excluding hydrogens is 462 g/mol. The van der Waals surface area contributed by atoms with Gasteiger partial charge in [0.05, 0.1) is 11.7 Å². The van der Waals surface area contributed by atoms with Gasteiger partial charge in [-0.3, -0.25) is 9.55 Å². The zero-order chi connectivity index (χ0) is 24.2. The maximum atomic E-state index is 14.3. The molecule has 0 bridgehead atoms. The Kier molecular flexibility index (Phi) is 7.44. The number of rotatable bonds is 8. The molecule has 0 saturated carbocycles. The van der Waals surface area contributed by atoms with Crippen LogP contribution in [0.2, 0.25) is 0 Å². The maximum absolute atomic E-state index is 14.3. The van der Waals surface area contributed by atoms with Crippen LogP contribution in [0.15, 0.2) is 66.0 Å². The third-order valence-electron chi connectivity index (χ3n) is 6.88. The SMILES string of the molecule is CCc1c(C2CCN(CCCSc3ccc(F)cc3)CC2)c2ccc(F)cc2n1-c1cnccn1. The van der Waals surface area contributed by atoms with E-state index >= 15 is 0 Å². The summed E-state index contributed by atoms with van der Waals surface area (Å²) in [6, 6.07) is 11.9. The molecule has 1 aliphatic rings. The standard InChI is InChI=1S/C28H30F2N4S/c1-2-25-28(24-9-6-22(30)18-26(24)34(25)27-19-31-12-13-32-27)20-10-15-33(16-11-20)14-3-17-35-23-7-4-21(29)5-8-23/h4-9,12-13,18-20H,2-3,10-11,14-17H2,1H3. The topological polar surface area (TPSA) is 34.0 Å². The van der Waals surface area contributed by atoms with Gasteiger partial charge in [0.1, 0.15) is 11.6 Å². The predicted octanol–water partition coefficient (Wildman–Crippen LogP) is 6.62. The van der Waals surface area contributed by atoms with Gasteiger partial charge in [0.15, 0.2) is 5.82 Å². The largest absolute Gasteiger partial charge is 0.303 e. The summed E-state index contributed by atoms with van der Waals surface area (Å²) >= 11 is 1.79. The second kappa shape index (κ2) is 10.9. The summed E-state index contributed by atoms with van der Waals surface area (Å²) in [5.41, 5.74) is 3.43. The molecule has 1 aliphatic heterocycles. The van der Waals surface area contributed by atoms with Gasteiger partial charge in [0.2, 0.25) is 0 Å². The van der Waals surface area contributed by atoms with E-state index in [1.165, 1.54) is 23.4 Å². The van der Waals surface area contributed by atoms with Gasteiger partial charge in [-0.15, -0.1) is 11.8 Å². The van der Waals surface area contributed by atoms with Crippen LogP contribution in [-0.2, 0) is 6.42 Å². The number of piperidine rings is 1. The predicted molar refractivity (Wildman–Crippen MR) is 138 cm³/mol. The molecule has 0 unspecified atom stereocenters. The first kappa shape index (κ1) is 23.9. The summed E-state index contributed by atoms with van der Waals surface area (Å²) in [6.07, 6.45) is 9.24. The molecule has 1 fully saturated rings. The van der Waals surface area contributed by atoms with Crippen molar-refractivity contribution < 1.29 is 8.78 Å². The first-order valence-corrected chi connectivity index (χ1v) is 13.3. The lowest BCUT2D eigenvalue weighted by molar-refractivity contribution is 0.213. The van der Waals surface area contributed by atoms with Gasteiger partial charge in [0, 0.05) is 28.4 Å². The van der Waals surface area contributed by atoms with Gasteiger partial charge in [-0.05, 0) is 105 Å². The highest BCUT2D eigenvalue weighted by molar-refractivity contribution is 7.99. The Morgan fingerprint density at radius 1 is 1.00 bits per heavy atom. The molecule has 0 N–H and O–H groups in total. The molecule has 2 aromatic heterocycles. The minimum atomic E-state index is -0.234. The van der Waals surface area contributed by atoms with Crippen molar-refractivity contribution >= 4 is 22.7 Å². The highest BCUT2D eigenvalue weighted by atomic mass is 32.2. The van der Waals surface area contributed by atoms with Crippen LogP contribution in [0.25, 0.3) is 16.7 Å². The van der Waals surface area contributed by atoms with Crippen molar-refractivity contribution in [3.8, 4) is 5.82 Å². The number of hydrogen-bond acceptors (Lipinski definition) is 4. The average Bonchev–Trinajstić information content (AvgIpc) is 3.22. The molecule has 4 aromatic rings. The van der Waals surface area contributed by atoms with Crippen LogP contribution < -0.4 is 0 Å². The molecular formula is C28H30F2N4S. The van der Waals surface area contributed by atoms with Crippen LogP contribution in [0.4, 0.5) is 8.78 Å². The molecule has 2 aromatic carbocycles. The second-order valence-electron chi connectivity index (χ2n) is 9.05. The maximum Gasteiger partial charge on any atom is 0.155 e. The van der Waals surface area contributed by atoms with Gasteiger partial charge in [0.25, 0.3) is 0 Å². The Hall–Kier alpha value is -2.77. The molecule has 5 rings (SSSR count). The van der Waals surface area contributed by atoms with E-state index in [1.54, 1.807) is 42.5 Å². The van der Waals surface area contributed by atoms with Crippen molar-refractivity contribution in [1.29, 1.82) is 0 Å². The molecule has 182 valence electrons. The van der Waals surface area contributed by atoms with Gasteiger partial charge >= 0.3 is 0 Å². The molecule has 3 heterocycles. The van der Waals surface area contributed by atoms with Crippen LogP contribution >= 0.6 is 11.8 Å². The number of benzene rings is 2. The van der Waals surface area contributed by atoms with Crippen LogP contribution in [0.3, 0.4) is 0 Å². The van der Waals surface area contributed by atoms with Crippen molar-refractivity contribution in [2.24, 2.45) is 0 Å². The zero-order valence-electron chi connectivity index (χ0n) is 20.0. The minimum absolute atomic E-state index is 0.187. The Morgan fingerprint density at radius 3 is 2.49 bits per heavy atom. The van der Waals surface area contributed by atoms with Crippen LogP contribution in [0, 0.1) is 11.6 Å². The second-order valence-corrected chi connectivity index (χ2v) is 10.2. The molecule has 7 heteroatoms. The van der Waals surface area contributed by atoms with Crippen LogP contribution in [0.1, 0.15) is 43.4 Å². The number of likely N-dealkylation sites (tertiary alicyclic amines) is 1. The Bertz CT molecular complexity index is 1270. The average molecular weight is 493 g/mol. The lowest BCUT2D eigenvalue weighted by Gasteiger charge is -2.32. The summed E-state index contributed by atoms with van der Waals surface area (Å²) in [5.74, 6) is 1.79. The van der Waals surface area contributed by atoms with Crippen LogP contribution in [-0.4, -0.2) is 44.8 Å². The van der Waals surface area contributed by atoms with Gasteiger partial charge < -0.3 is 4.90 Å². The smallest absolute Gasteiger partial charge is 0.155 e. The number of nitrogens with zero attached hydrogens (tertiary/aromatic N) is 4. The molecule has 0 spiro atoms. The molecule has 0 amide bonds. The van der Waals surface area contributed by atoms with Crippen molar-refractivity contribution in [2.75, 3.05) is 25.4 Å². The molecule has 0 aliphatic carbocycles. The number of halogens is 2. The van der Waals surface area contributed by atoms with E-state index < -0.39 is 0 Å². The lowest BCUT2D eigenvalue weighted by Crippen LogP contribution is -2.34. The monoisotopic (exact) mass is 492 g/mol. The highest BCUT2D eigenvalue weighted by Gasteiger charge is 2.28. The van der Waals surface area contributed by atoms with E-state index in [9.17, 15) is 8.78 Å². The van der Waals surface area contributed by atoms with Crippen molar-refractivity contribution in [2.45, 2.75) is 43.4 Å². The number of thioether (sulfide) groups is 1. The van der Waals surface area contributed by atoms with E-state index in [4.69, 9.17) is 0 Å². The van der Waals surface area contributed by atoms with E-state index in [-0.39, 0.29) is 11.6 Å². The van der Waals surface area contributed by atoms with Crippen LogP contribution in [0.5, 0.6) is 0 Å². The fraction of sp³-hybridized carbons (Fsp3) is 0.357. The molecule has 4 nitrogen and oxygen atoms in total. The fourth-order valence-electron chi connectivity index (χ4n) is 5.27. The van der Waals surface area contributed by atoms with E-state index in [0.29, 0.717) is 5.92 Å². The van der Waals surface area contributed by atoms with Gasteiger partial charge in [-0.2, -0.15) is 0 Å². The molecule has 1 saturated heterocycles. The lowest BCUT2D eigenvalue weighted by atomic mass is 9.87. The van der Waals surface area contributed by atoms with E-state index in [2.05, 4.69) is 26.4 Å². The first-order chi connectivity index (χ1) is 17.1. The molecule has 0 atom stereocenters. The zero-order valence-corrected chi connectivity index (χ0v) is 20.8. The van der Waals surface area contributed by atoms with E-state index in [0.717, 1.165) is 72.7 Å². The summed E-state index contributed by atoms with van der Waals surface area (Å²) in [4.78, 5) is 12.4. The van der Waals surface area contributed by atoms with Crippen molar-refractivity contribution in [1.82, 2.24) is 19.4 Å². The quantitative estimate of drug-likeness (QED) is 0.204. The highest BCUT2D eigenvalue weighted by Crippen LogP contribution is 2.39. The molecule has 35 heavy (non-hydrogen) atoms. The third kappa shape index (κ3) is 5.26. The first-order valence-electron chi connectivity index (χ1n) is 12.3.